The van der Waals surface area contributed by atoms with Crippen molar-refractivity contribution in [2.24, 2.45) is 0 Å². The van der Waals surface area contributed by atoms with Gasteiger partial charge >= 0.3 is 5.76 Å². The summed E-state index contributed by atoms with van der Waals surface area (Å²) in [5.41, 5.74) is 1.97. The van der Waals surface area contributed by atoms with E-state index in [9.17, 15) is 4.79 Å². The molecule has 5 nitrogen and oxygen atoms in total. The Morgan fingerprint density at radius 3 is 2.79 bits per heavy atom. The first-order valence-electron chi connectivity index (χ1n) is 6.47. The molecule has 102 valence electrons. The van der Waals surface area contributed by atoms with Crippen LogP contribution < -0.4 is 5.76 Å². The van der Waals surface area contributed by atoms with Crippen LogP contribution in [0.15, 0.2) is 33.6 Å². The maximum Gasteiger partial charge on any atom is 0.441 e. The molecule has 19 heavy (non-hydrogen) atoms. The molecular formula is C14H18N2O3. The van der Waals surface area contributed by atoms with Crippen molar-refractivity contribution in [1.29, 1.82) is 0 Å². The van der Waals surface area contributed by atoms with Gasteiger partial charge in [-0.2, -0.15) is 0 Å². The van der Waals surface area contributed by atoms with Crippen LogP contribution in [0.2, 0.25) is 0 Å². The third-order valence-corrected chi connectivity index (χ3v) is 3.11. The van der Waals surface area contributed by atoms with E-state index in [0.717, 1.165) is 30.4 Å². The van der Waals surface area contributed by atoms with Crippen molar-refractivity contribution < 1.29 is 9.63 Å². The monoisotopic (exact) mass is 262 g/mol. The maximum absolute atomic E-state index is 11.7. The second kappa shape index (κ2) is 6.33. The Balaban J connectivity index is 2.23. The standard InChI is InChI=1S/C14H18N2O3/c1-11-7-3-4-8-12(11)13-15-19-14(18)16(13)9-5-2-6-10-17/h3-4,7-8,17H,2,5-6,9-10H2,1H3. The molecule has 1 aromatic heterocycles. The summed E-state index contributed by atoms with van der Waals surface area (Å²) in [7, 11) is 0. The zero-order valence-electron chi connectivity index (χ0n) is 11.0. The summed E-state index contributed by atoms with van der Waals surface area (Å²) in [5.74, 6) is 0.148. The molecule has 0 aliphatic rings. The number of aliphatic hydroxyl groups excluding tert-OH is 1. The first kappa shape index (κ1) is 13.5. The van der Waals surface area contributed by atoms with Crippen molar-refractivity contribution in [3.05, 3.63) is 40.4 Å². The molecule has 2 rings (SSSR count). The topological polar surface area (TPSA) is 68.3 Å². The van der Waals surface area contributed by atoms with Gasteiger partial charge < -0.3 is 5.11 Å². The van der Waals surface area contributed by atoms with Crippen LogP contribution in [0, 0.1) is 6.92 Å². The van der Waals surface area contributed by atoms with Crippen LogP contribution in [0.4, 0.5) is 0 Å². The van der Waals surface area contributed by atoms with Gasteiger partial charge in [0.1, 0.15) is 0 Å². The Hall–Kier alpha value is -1.88. The predicted octanol–water partition coefficient (Wildman–Crippen LogP) is 1.97. The fourth-order valence-corrected chi connectivity index (χ4v) is 2.04. The van der Waals surface area contributed by atoms with Crippen molar-refractivity contribution in [3.8, 4) is 11.4 Å². The molecule has 0 unspecified atom stereocenters. The summed E-state index contributed by atoms with van der Waals surface area (Å²) in [6.07, 6.45) is 2.45. The van der Waals surface area contributed by atoms with E-state index in [1.54, 1.807) is 4.57 Å². The largest absolute Gasteiger partial charge is 0.441 e. The Bertz CT molecular complexity index is 586. The highest BCUT2D eigenvalue weighted by molar-refractivity contribution is 5.59. The van der Waals surface area contributed by atoms with E-state index in [1.165, 1.54) is 0 Å². The van der Waals surface area contributed by atoms with Crippen LogP contribution in [0.3, 0.4) is 0 Å². The van der Waals surface area contributed by atoms with Crippen LogP contribution in [0.5, 0.6) is 0 Å². The molecule has 1 aromatic carbocycles. The van der Waals surface area contributed by atoms with E-state index in [1.807, 2.05) is 31.2 Å². The lowest BCUT2D eigenvalue weighted by molar-refractivity contribution is 0.281. The highest BCUT2D eigenvalue weighted by atomic mass is 16.5. The van der Waals surface area contributed by atoms with E-state index in [2.05, 4.69) is 5.16 Å². The van der Waals surface area contributed by atoms with Crippen LogP contribution in [-0.2, 0) is 6.54 Å². The normalized spacial score (nSPS) is 10.8. The highest BCUT2D eigenvalue weighted by Gasteiger charge is 2.13. The number of nitrogens with zero attached hydrogens (tertiary/aromatic N) is 2. The van der Waals surface area contributed by atoms with E-state index < -0.39 is 5.76 Å². The average Bonchev–Trinajstić information content (AvgIpc) is 2.77. The maximum atomic E-state index is 11.7. The lowest BCUT2D eigenvalue weighted by Gasteiger charge is -2.06. The molecule has 1 N–H and O–H groups in total. The van der Waals surface area contributed by atoms with Crippen LogP contribution in [0.25, 0.3) is 11.4 Å². The van der Waals surface area contributed by atoms with Gasteiger partial charge in [0.2, 0.25) is 0 Å². The lowest BCUT2D eigenvalue weighted by Crippen LogP contribution is -2.15. The van der Waals surface area contributed by atoms with Gasteiger partial charge in [-0.3, -0.25) is 9.09 Å². The van der Waals surface area contributed by atoms with Crippen LogP contribution >= 0.6 is 0 Å². The zero-order valence-corrected chi connectivity index (χ0v) is 11.0. The number of aliphatic hydroxyl groups is 1. The quantitative estimate of drug-likeness (QED) is 0.808. The smallest absolute Gasteiger partial charge is 0.396 e. The van der Waals surface area contributed by atoms with Gasteiger partial charge in [0.15, 0.2) is 5.82 Å². The first-order chi connectivity index (χ1) is 9.24. The van der Waals surface area contributed by atoms with Crippen molar-refractivity contribution in [3.63, 3.8) is 0 Å². The second-order valence-corrected chi connectivity index (χ2v) is 4.52. The number of hydrogen-bond acceptors (Lipinski definition) is 4. The molecule has 2 aromatic rings. The van der Waals surface area contributed by atoms with Gasteiger partial charge in [0, 0.05) is 18.7 Å². The Kier molecular flexibility index (Phi) is 4.52. The third-order valence-electron chi connectivity index (χ3n) is 3.11. The molecule has 0 fully saturated rings. The molecule has 0 atom stereocenters. The summed E-state index contributed by atoms with van der Waals surface area (Å²) in [4.78, 5) is 11.7. The minimum atomic E-state index is -0.428. The summed E-state index contributed by atoms with van der Waals surface area (Å²) in [6.45, 7) is 2.72. The molecule has 0 amide bonds. The number of aromatic nitrogens is 2. The number of aryl methyl sites for hydroxylation is 1. The van der Waals surface area contributed by atoms with Gasteiger partial charge in [0.25, 0.3) is 0 Å². The SMILES string of the molecule is Cc1ccccc1-c1noc(=O)n1CCCCCO. The number of rotatable bonds is 6. The molecular weight excluding hydrogens is 244 g/mol. The van der Waals surface area contributed by atoms with Gasteiger partial charge in [0.05, 0.1) is 0 Å². The average molecular weight is 262 g/mol. The molecule has 0 spiro atoms. The molecule has 0 aliphatic heterocycles. The van der Waals surface area contributed by atoms with E-state index in [0.29, 0.717) is 12.4 Å². The molecule has 1 heterocycles. The minimum absolute atomic E-state index is 0.184. The Morgan fingerprint density at radius 2 is 2.05 bits per heavy atom. The van der Waals surface area contributed by atoms with Gasteiger partial charge in [-0.05, 0) is 31.7 Å². The molecule has 0 bridgehead atoms. The van der Waals surface area contributed by atoms with Crippen LogP contribution in [-0.4, -0.2) is 21.4 Å². The zero-order chi connectivity index (χ0) is 13.7. The van der Waals surface area contributed by atoms with Gasteiger partial charge in [-0.25, -0.2) is 4.79 Å². The summed E-state index contributed by atoms with van der Waals surface area (Å²) >= 11 is 0. The van der Waals surface area contributed by atoms with Crippen molar-refractivity contribution in [2.45, 2.75) is 32.7 Å². The Morgan fingerprint density at radius 1 is 1.26 bits per heavy atom. The minimum Gasteiger partial charge on any atom is -0.396 e. The molecule has 0 aliphatic carbocycles. The summed E-state index contributed by atoms with van der Waals surface area (Å²) in [5, 5.41) is 12.6. The Labute approximate surface area is 111 Å². The number of unbranched alkanes of at least 4 members (excludes halogenated alkanes) is 2. The third kappa shape index (κ3) is 3.12. The number of benzene rings is 1. The molecule has 0 radical (unpaired) electrons. The van der Waals surface area contributed by atoms with Crippen molar-refractivity contribution >= 4 is 0 Å². The van der Waals surface area contributed by atoms with E-state index in [-0.39, 0.29) is 6.61 Å². The van der Waals surface area contributed by atoms with Crippen molar-refractivity contribution in [1.82, 2.24) is 9.72 Å². The summed E-state index contributed by atoms with van der Waals surface area (Å²) in [6, 6.07) is 7.77. The molecule has 0 saturated carbocycles. The lowest BCUT2D eigenvalue weighted by atomic mass is 10.1. The predicted molar refractivity (Wildman–Crippen MR) is 71.9 cm³/mol. The second-order valence-electron chi connectivity index (χ2n) is 4.52. The van der Waals surface area contributed by atoms with Gasteiger partial charge in [-0.1, -0.05) is 29.4 Å². The number of hydrogen-bond donors (Lipinski definition) is 1. The molecule has 0 saturated heterocycles. The van der Waals surface area contributed by atoms with E-state index >= 15 is 0 Å². The van der Waals surface area contributed by atoms with E-state index in [4.69, 9.17) is 9.63 Å². The van der Waals surface area contributed by atoms with Gasteiger partial charge in [-0.15, -0.1) is 0 Å². The van der Waals surface area contributed by atoms with Crippen molar-refractivity contribution in [2.75, 3.05) is 6.61 Å². The molecule has 5 heteroatoms. The fraction of sp³-hybridized carbons (Fsp3) is 0.429. The fourth-order valence-electron chi connectivity index (χ4n) is 2.04. The highest BCUT2D eigenvalue weighted by Crippen LogP contribution is 2.20. The van der Waals surface area contributed by atoms with Crippen LogP contribution in [0.1, 0.15) is 24.8 Å². The summed E-state index contributed by atoms with van der Waals surface area (Å²) < 4.78 is 6.33. The first-order valence-corrected chi connectivity index (χ1v) is 6.47.